The Morgan fingerprint density at radius 3 is 2.62 bits per heavy atom. The Morgan fingerprint density at radius 1 is 1.29 bits per heavy atom. The first-order valence-electron chi connectivity index (χ1n) is 7.24. The number of aromatic nitrogens is 2. The van der Waals surface area contributed by atoms with Crippen LogP contribution in [0.3, 0.4) is 0 Å². The lowest BCUT2D eigenvalue weighted by Crippen LogP contribution is -2.32. The molecule has 1 heterocycles. The molecule has 1 fully saturated rings. The second-order valence-electron chi connectivity index (χ2n) is 5.50. The highest BCUT2D eigenvalue weighted by Crippen LogP contribution is 2.23. The van der Waals surface area contributed by atoms with E-state index < -0.39 is 0 Å². The lowest BCUT2D eigenvalue weighted by molar-refractivity contribution is 0.0932. The van der Waals surface area contributed by atoms with E-state index in [0.717, 1.165) is 24.1 Å². The van der Waals surface area contributed by atoms with Crippen LogP contribution in [-0.4, -0.2) is 21.7 Å². The maximum atomic E-state index is 12.2. The predicted molar refractivity (Wildman–Crippen MR) is 83.4 cm³/mol. The third-order valence-corrected chi connectivity index (χ3v) is 4.19. The second-order valence-corrected chi connectivity index (χ2v) is 5.94. The van der Waals surface area contributed by atoms with Crippen molar-refractivity contribution in [3.8, 4) is 11.3 Å². The minimum absolute atomic E-state index is 0.0855. The van der Waals surface area contributed by atoms with Crippen LogP contribution in [0.1, 0.15) is 36.2 Å². The van der Waals surface area contributed by atoms with E-state index in [9.17, 15) is 4.79 Å². The molecule has 0 atom stereocenters. The highest BCUT2D eigenvalue weighted by atomic mass is 35.5. The van der Waals surface area contributed by atoms with E-state index in [0.29, 0.717) is 16.8 Å². The summed E-state index contributed by atoms with van der Waals surface area (Å²) < 4.78 is 1.73. The van der Waals surface area contributed by atoms with E-state index in [2.05, 4.69) is 10.4 Å². The van der Waals surface area contributed by atoms with E-state index in [1.54, 1.807) is 4.68 Å². The normalized spacial score (nSPS) is 15.3. The first kappa shape index (κ1) is 14.1. The summed E-state index contributed by atoms with van der Waals surface area (Å²) in [5, 5.41) is 8.08. The van der Waals surface area contributed by atoms with Gasteiger partial charge in [-0.05, 0) is 36.6 Å². The van der Waals surface area contributed by atoms with Crippen molar-refractivity contribution in [3.63, 3.8) is 0 Å². The van der Waals surface area contributed by atoms with E-state index in [1.807, 2.05) is 37.4 Å². The Kier molecular flexibility index (Phi) is 3.97. The van der Waals surface area contributed by atoms with Crippen LogP contribution in [0.4, 0.5) is 0 Å². The number of hydrogen-bond donors (Lipinski definition) is 1. The summed E-state index contributed by atoms with van der Waals surface area (Å²) in [7, 11) is 1.84. The topological polar surface area (TPSA) is 46.9 Å². The van der Waals surface area contributed by atoms with Gasteiger partial charge in [0.2, 0.25) is 0 Å². The Hall–Kier alpha value is -1.81. The van der Waals surface area contributed by atoms with E-state index >= 15 is 0 Å². The number of benzene rings is 1. The van der Waals surface area contributed by atoms with Gasteiger partial charge in [-0.3, -0.25) is 9.48 Å². The van der Waals surface area contributed by atoms with Gasteiger partial charge in [0, 0.05) is 18.1 Å². The zero-order valence-electron chi connectivity index (χ0n) is 12.0. The minimum Gasteiger partial charge on any atom is -0.348 e. The Morgan fingerprint density at radius 2 is 1.95 bits per heavy atom. The SMILES string of the molecule is Cn1nc(C(=O)NC2CCCC2)cc1-c1ccc(Cl)cc1. The molecule has 0 unspecified atom stereocenters. The molecule has 0 bridgehead atoms. The van der Waals surface area contributed by atoms with E-state index in [-0.39, 0.29) is 5.91 Å². The van der Waals surface area contributed by atoms with Gasteiger partial charge in [0.15, 0.2) is 5.69 Å². The van der Waals surface area contributed by atoms with Crippen molar-refractivity contribution in [2.45, 2.75) is 31.7 Å². The molecule has 3 rings (SSSR count). The summed E-state index contributed by atoms with van der Waals surface area (Å²) >= 11 is 5.90. The lowest BCUT2D eigenvalue weighted by Gasteiger charge is -2.09. The monoisotopic (exact) mass is 303 g/mol. The van der Waals surface area contributed by atoms with E-state index in [4.69, 9.17) is 11.6 Å². The number of halogens is 1. The van der Waals surface area contributed by atoms with Gasteiger partial charge in [-0.1, -0.05) is 36.6 Å². The molecule has 0 radical (unpaired) electrons. The molecule has 110 valence electrons. The van der Waals surface area contributed by atoms with Crippen LogP contribution < -0.4 is 5.32 Å². The number of nitrogens with one attached hydrogen (secondary N) is 1. The van der Waals surface area contributed by atoms with Gasteiger partial charge < -0.3 is 5.32 Å². The van der Waals surface area contributed by atoms with Gasteiger partial charge in [0.05, 0.1) is 5.69 Å². The molecule has 5 heteroatoms. The fourth-order valence-corrected chi connectivity index (χ4v) is 2.92. The maximum Gasteiger partial charge on any atom is 0.272 e. The lowest BCUT2D eigenvalue weighted by atomic mass is 10.1. The fourth-order valence-electron chi connectivity index (χ4n) is 2.80. The van der Waals surface area contributed by atoms with Crippen LogP contribution >= 0.6 is 11.6 Å². The summed E-state index contributed by atoms with van der Waals surface area (Å²) in [4.78, 5) is 12.2. The van der Waals surface area contributed by atoms with Crippen LogP contribution in [0.5, 0.6) is 0 Å². The summed E-state index contributed by atoms with van der Waals surface area (Å²) in [5.41, 5.74) is 2.37. The number of nitrogens with zero attached hydrogens (tertiary/aromatic N) is 2. The summed E-state index contributed by atoms with van der Waals surface area (Å²) in [6.07, 6.45) is 4.54. The maximum absolute atomic E-state index is 12.2. The van der Waals surface area contributed by atoms with Gasteiger partial charge in [0.25, 0.3) is 5.91 Å². The number of carbonyl (C=O) groups excluding carboxylic acids is 1. The molecule has 1 aromatic heterocycles. The van der Waals surface area contributed by atoms with Gasteiger partial charge in [-0.15, -0.1) is 0 Å². The van der Waals surface area contributed by atoms with Gasteiger partial charge >= 0.3 is 0 Å². The van der Waals surface area contributed by atoms with Crippen molar-refractivity contribution in [2.24, 2.45) is 7.05 Å². The first-order chi connectivity index (χ1) is 10.1. The second kappa shape index (κ2) is 5.90. The minimum atomic E-state index is -0.0855. The molecule has 1 aromatic carbocycles. The molecular formula is C16H18ClN3O. The van der Waals surface area contributed by atoms with Crippen molar-refractivity contribution in [1.29, 1.82) is 0 Å². The molecule has 0 spiro atoms. The van der Waals surface area contributed by atoms with Crippen LogP contribution in [0, 0.1) is 0 Å². The van der Waals surface area contributed by atoms with Crippen molar-refractivity contribution in [3.05, 3.63) is 41.0 Å². The highest BCUT2D eigenvalue weighted by Gasteiger charge is 2.20. The first-order valence-corrected chi connectivity index (χ1v) is 7.62. The average Bonchev–Trinajstić information content (AvgIpc) is 3.09. The number of carbonyl (C=O) groups is 1. The Bertz CT molecular complexity index is 642. The quantitative estimate of drug-likeness (QED) is 0.944. The fraction of sp³-hybridized carbons (Fsp3) is 0.375. The summed E-state index contributed by atoms with van der Waals surface area (Å²) in [5.74, 6) is -0.0855. The van der Waals surface area contributed by atoms with Gasteiger partial charge in [-0.25, -0.2) is 0 Å². The molecule has 1 saturated carbocycles. The van der Waals surface area contributed by atoms with Crippen molar-refractivity contribution in [2.75, 3.05) is 0 Å². The molecule has 1 aliphatic carbocycles. The van der Waals surface area contributed by atoms with Crippen LogP contribution in [0.25, 0.3) is 11.3 Å². The van der Waals surface area contributed by atoms with Crippen molar-refractivity contribution < 1.29 is 4.79 Å². The molecule has 1 amide bonds. The average molecular weight is 304 g/mol. The molecular weight excluding hydrogens is 286 g/mol. The van der Waals surface area contributed by atoms with Crippen LogP contribution in [0.15, 0.2) is 30.3 Å². The third-order valence-electron chi connectivity index (χ3n) is 3.94. The van der Waals surface area contributed by atoms with Gasteiger partial charge in [-0.2, -0.15) is 5.10 Å². The molecule has 0 saturated heterocycles. The summed E-state index contributed by atoms with van der Waals surface area (Å²) in [6, 6.07) is 9.66. The van der Waals surface area contributed by atoms with Gasteiger partial charge in [0.1, 0.15) is 0 Å². The smallest absolute Gasteiger partial charge is 0.272 e. The highest BCUT2D eigenvalue weighted by molar-refractivity contribution is 6.30. The standard InChI is InChI=1S/C16H18ClN3O/c1-20-15(11-6-8-12(17)9-7-11)10-14(19-20)16(21)18-13-4-2-3-5-13/h6-10,13H,2-5H2,1H3,(H,18,21). The van der Waals surface area contributed by atoms with Crippen LogP contribution in [0.2, 0.25) is 5.02 Å². The molecule has 4 nitrogen and oxygen atoms in total. The molecule has 1 N–H and O–H groups in total. The third kappa shape index (κ3) is 3.10. The number of amides is 1. The largest absolute Gasteiger partial charge is 0.348 e. The van der Waals surface area contributed by atoms with Crippen LogP contribution in [-0.2, 0) is 7.05 Å². The number of aryl methyl sites for hydroxylation is 1. The number of rotatable bonds is 3. The molecule has 1 aliphatic rings. The van der Waals surface area contributed by atoms with Crippen molar-refractivity contribution in [1.82, 2.24) is 15.1 Å². The Balaban J connectivity index is 1.80. The summed E-state index contributed by atoms with van der Waals surface area (Å²) in [6.45, 7) is 0. The Labute approximate surface area is 129 Å². The molecule has 21 heavy (non-hydrogen) atoms. The molecule has 0 aliphatic heterocycles. The van der Waals surface area contributed by atoms with Crippen molar-refractivity contribution >= 4 is 17.5 Å². The zero-order valence-corrected chi connectivity index (χ0v) is 12.7. The zero-order chi connectivity index (χ0) is 14.8. The predicted octanol–water partition coefficient (Wildman–Crippen LogP) is 3.41. The number of hydrogen-bond acceptors (Lipinski definition) is 2. The molecule has 2 aromatic rings. The van der Waals surface area contributed by atoms with E-state index in [1.165, 1.54) is 12.8 Å².